The molecule has 0 aliphatic carbocycles. The van der Waals surface area contributed by atoms with Crippen molar-refractivity contribution in [1.29, 1.82) is 0 Å². The van der Waals surface area contributed by atoms with Crippen LogP contribution in [0.4, 0.5) is 5.69 Å². The molecule has 0 saturated carbocycles. The van der Waals surface area contributed by atoms with E-state index in [1.807, 2.05) is 42.5 Å². The van der Waals surface area contributed by atoms with Crippen LogP contribution in [-0.2, 0) is 17.6 Å². The number of fused-ring (bicyclic) bond motifs is 1. The second-order valence-electron chi connectivity index (χ2n) is 4.79. The molecular weight excluding hydrogens is 258 g/mol. The van der Waals surface area contributed by atoms with Crippen molar-refractivity contribution in [3.8, 4) is 0 Å². The molecule has 0 spiro atoms. The van der Waals surface area contributed by atoms with Crippen molar-refractivity contribution in [3.05, 3.63) is 64.7 Å². The largest absolute Gasteiger partial charge is 0.375 e. The Bertz CT molecular complexity index is 599. The van der Waals surface area contributed by atoms with Crippen LogP contribution in [0.2, 0.25) is 5.02 Å². The number of carbonyl (C=O) groups excluding carboxylic acids is 1. The highest BCUT2D eigenvalue weighted by Crippen LogP contribution is 2.26. The highest BCUT2D eigenvalue weighted by Gasteiger charge is 2.26. The molecule has 3 heteroatoms. The lowest BCUT2D eigenvalue weighted by Gasteiger charge is -2.10. The van der Waals surface area contributed by atoms with Crippen LogP contribution in [-0.4, -0.2) is 11.8 Å². The predicted molar refractivity (Wildman–Crippen MR) is 77.7 cm³/mol. The molecule has 0 saturated heterocycles. The summed E-state index contributed by atoms with van der Waals surface area (Å²) in [5.41, 5.74) is 3.17. The van der Waals surface area contributed by atoms with E-state index in [4.69, 9.17) is 11.6 Å². The first-order valence-corrected chi connectivity index (χ1v) is 6.72. The minimum Gasteiger partial charge on any atom is -0.375 e. The smallest absolute Gasteiger partial charge is 0.159 e. The molecular formula is C16H14ClNO. The minimum atomic E-state index is -0.131. The van der Waals surface area contributed by atoms with Gasteiger partial charge in [0.2, 0.25) is 0 Å². The van der Waals surface area contributed by atoms with Gasteiger partial charge in [-0.05, 0) is 23.3 Å². The third-order valence-corrected chi connectivity index (χ3v) is 3.85. The van der Waals surface area contributed by atoms with Gasteiger partial charge < -0.3 is 5.32 Å². The van der Waals surface area contributed by atoms with Gasteiger partial charge >= 0.3 is 0 Å². The van der Waals surface area contributed by atoms with Crippen LogP contribution in [0.3, 0.4) is 0 Å². The zero-order chi connectivity index (χ0) is 13.2. The summed E-state index contributed by atoms with van der Waals surface area (Å²) >= 11 is 6.09. The Morgan fingerprint density at radius 1 is 1.16 bits per heavy atom. The Labute approximate surface area is 117 Å². The summed E-state index contributed by atoms with van der Waals surface area (Å²) in [7, 11) is 0. The number of halogens is 1. The first-order valence-electron chi connectivity index (χ1n) is 6.34. The molecule has 1 atom stereocenters. The van der Waals surface area contributed by atoms with Gasteiger partial charge in [0.15, 0.2) is 5.78 Å². The molecule has 0 radical (unpaired) electrons. The maximum Gasteiger partial charge on any atom is 0.159 e. The van der Waals surface area contributed by atoms with Crippen LogP contribution in [0.5, 0.6) is 0 Å². The molecule has 2 nitrogen and oxygen atoms in total. The van der Waals surface area contributed by atoms with Gasteiger partial charge in [-0.1, -0.05) is 48.0 Å². The average Bonchev–Trinajstić information content (AvgIpc) is 2.85. The number of carbonyl (C=O) groups is 1. The summed E-state index contributed by atoms with van der Waals surface area (Å²) in [6.45, 7) is 0. The molecule has 3 rings (SSSR count). The Balaban J connectivity index is 1.72. The van der Waals surface area contributed by atoms with Crippen LogP contribution >= 0.6 is 11.6 Å². The summed E-state index contributed by atoms with van der Waals surface area (Å²) in [5, 5.41) is 3.94. The van der Waals surface area contributed by atoms with Gasteiger partial charge in [0.1, 0.15) is 0 Å². The van der Waals surface area contributed by atoms with Crippen molar-refractivity contribution in [1.82, 2.24) is 0 Å². The van der Waals surface area contributed by atoms with Crippen LogP contribution in [0.25, 0.3) is 0 Å². The van der Waals surface area contributed by atoms with Crippen LogP contribution in [0, 0.1) is 0 Å². The molecule has 1 unspecified atom stereocenters. The molecule has 1 aliphatic rings. The Morgan fingerprint density at radius 3 is 2.68 bits per heavy atom. The van der Waals surface area contributed by atoms with Gasteiger partial charge in [0.05, 0.1) is 6.04 Å². The van der Waals surface area contributed by atoms with E-state index in [1.165, 1.54) is 5.56 Å². The number of para-hydroxylation sites is 1. The van der Waals surface area contributed by atoms with Gasteiger partial charge in [-0.2, -0.15) is 0 Å². The van der Waals surface area contributed by atoms with Crippen molar-refractivity contribution in [2.45, 2.75) is 18.9 Å². The maximum absolute atomic E-state index is 12.3. The first-order chi connectivity index (χ1) is 9.24. The normalized spacial score (nSPS) is 16.8. The Kier molecular flexibility index (Phi) is 3.26. The highest BCUT2D eigenvalue weighted by atomic mass is 35.5. The molecule has 1 N–H and O–H groups in total. The molecule has 19 heavy (non-hydrogen) atoms. The quantitative estimate of drug-likeness (QED) is 0.926. The monoisotopic (exact) mass is 271 g/mol. The Hall–Kier alpha value is -1.80. The summed E-state index contributed by atoms with van der Waals surface area (Å²) < 4.78 is 0. The van der Waals surface area contributed by atoms with Gasteiger partial charge in [0, 0.05) is 23.6 Å². The van der Waals surface area contributed by atoms with E-state index < -0.39 is 0 Å². The molecule has 96 valence electrons. The van der Waals surface area contributed by atoms with Crippen molar-refractivity contribution >= 4 is 23.1 Å². The maximum atomic E-state index is 12.3. The number of nitrogens with one attached hydrogen (secondary N) is 1. The number of rotatable bonds is 3. The number of Topliss-reactive ketones (excluding diaryl/α,β-unsaturated/α-hetero) is 1. The summed E-state index contributed by atoms with van der Waals surface area (Å²) in [4.78, 5) is 12.3. The molecule has 1 aliphatic heterocycles. The standard InChI is InChI=1S/C16H14ClNO/c17-13-7-3-1-5-11(13)10-16(19)15-9-12-6-2-4-8-14(12)18-15/h1-8,15,18H,9-10H2. The van der Waals surface area contributed by atoms with Crippen molar-refractivity contribution in [2.24, 2.45) is 0 Å². The first kappa shape index (κ1) is 12.2. The van der Waals surface area contributed by atoms with Crippen molar-refractivity contribution in [2.75, 3.05) is 5.32 Å². The summed E-state index contributed by atoms with van der Waals surface area (Å²) in [5.74, 6) is 0.185. The van der Waals surface area contributed by atoms with Crippen LogP contribution < -0.4 is 5.32 Å². The average molecular weight is 272 g/mol. The van der Waals surface area contributed by atoms with E-state index >= 15 is 0 Å². The van der Waals surface area contributed by atoms with Crippen LogP contribution in [0.1, 0.15) is 11.1 Å². The highest BCUT2D eigenvalue weighted by molar-refractivity contribution is 6.31. The van der Waals surface area contributed by atoms with E-state index in [0.29, 0.717) is 11.4 Å². The fourth-order valence-corrected chi connectivity index (χ4v) is 2.65. The number of ketones is 1. The molecule has 1 heterocycles. The number of anilines is 1. The molecule has 0 amide bonds. The van der Waals surface area contributed by atoms with Crippen LogP contribution in [0.15, 0.2) is 48.5 Å². The van der Waals surface area contributed by atoms with Crippen molar-refractivity contribution in [3.63, 3.8) is 0 Å². The molecule has 0 fully saturated rings. The van der Waals surface area contributed by atoms with Gasteiger partial charge in [-0.3, -0.25) is 4.79 Å². The fourth-order valence-electron chi connectivity index (χ4n) is 2.44. The zero-order valence-corrected chi connectivity index (χ0v) is 11.2. The van der Waals surface area contributed by atoms with E-state index in [-0.39, 0.29) is 11.8 Å². The second kappa shape index (κ2) is 5.06. The van der Waals surface area contributed by atoms with E-state index in [1.54, 1.807) is 0 Å². The summed E-state index contributed by atoms with van der Waals surface area (Å²) in [6.07, 6.45) is 1.14. The van der Waals surface area contributed by atoms with Gasteiger partial charge in [-0.15, -0.1) is 0 Å². The SMILES string of the molecule is O=C(Cc1ccccc1Cl)C1Cc2ccccc2N1. The number of hydrogen-bond acceptors (Lipinski definition) is 2. The molecule has 2 aromatic carbocycles. The predicted octanol–water partition coefficient (Wildman–Crippen LogP) is 3.49. The van der Waals surface area contributed by atoms with E-state index in [9.17, 15) is 4.79 Å². The van der Waals surface area contributed by atoms with Gasteiger partial charge in [-0.25, -0.2) is 0 Å². The van der Waals surface area contributed by atoms with E-state index in [2.05, 4.69) is 11.4 Å². The lowest BCUT2D eigenvalue weighted by atomic mass is 10.0. The molecule has 0 bridgehead atoms. The second-order valence-corrected chi connectivity index (χ2v) is 5.20. The van der Waals surface area contributed by atoms with Gasteiger partial charge in [0.25, 0.3) is 0 Å². The lowest BCUT2D eigenvalue weighted by Crippen LogP contribution is -2.28. The summed E-state index contributed by atoms with van der Waals surface area (Å²) in [6, 6.07) is 15.4. The Morgan fingerprint density at radius 2 is 1.89 bits per heavy atom. The number of benzene rings is 2. The molecule has 0 aromatic heterocycles. The molecule has 2 aromatic rings. The van der Waals surface area contributed by atoms with E-state index in [0.717, 1.165) is 17.7 Å². The fraction of sp³-hybridized carbons (Fsp3) is 0.188. The minimum absolute atomic E-state index is 0.131. The van der Waals surface area contributed by atoms with Crippen molar-refractivity contribution < 1.29 is 4.79 Å². The third-order valence-electron chi connectivity index (χ3n) is 3.48. The topological polar surface area (TPSA) is 29.1 Å². The zero-order valence-electron chi connectivity index (χ0n) is 10.4. The lowest BCUT2D eigenvalue weighted by molar-refractivity contribution is -0.119. The number of hydrogen-bond donors (Lipinski definition) is 1. The third kappa shape index (κ3) is 2.49.